The van der Waals surface area contributed by atoms with Gasteiger partial charge in [0.15, 0.2) is 0 Å². The summed E-state index contributed by atoms with van der Waals surface area (Å²) in [7, 11) is 0.711. The quantitative estimate of drug-likeness (QED) is 0.640. The minimum Gasteiger partial charge on any atom is -0.479 e. The molecule has 4 nitrogen and oxygen atoms in total. The lowest BCUT2D eigenvalue weighted by Crippen LogP contribution is -2.40. The second kappa shape index (κ2) is 3.53. The van der Waals surface area contributed by atoms with E-state index in [0.29, 0.717) is 7.11 Å². The minimum absolute atomic E-state index is 0.711. The lowest BCUT2D eigenvalue weighted by Gasteiger charge is -2.10. The molecular formula is C5H5F3O4. The monoisotopic (exact) mass is 186 g/mol. The summed E-state index contributed by atoms with van der Waals surface area (Å²) in [6, 6.07) is 0. The summed E-state index contributed by atoms with van der Waals surface area (Å²) in [5, 5.41) is 8.06. The number of hydrogen-bond acceptors (Lipinski definition) is 3. The standard InChI is InChI=1S/C5H5F3O4/c1-12-2(4(10)11)3(9)5(6,7)8/h2H,1H3,(H,10,11). The fraction of sp³-hybridized carbons (Fsp3) is 0.600. The number of carboxylic acid groups (broad SMARTS) is 1. The number of methoxy groups -OCH3 is 1. The van der Waals surface area contributed by atoms with E-state index >= 15 is 0 Å². The van der Waals surface area contributed by atoms with Crippen molar-refractivity contribution in [3.63, 3.8) is 0 Å². The van der Waals surface area contributed by atoms with Gasteiger partial charge < -0.3 is 9.84 Å². The van der Waals surface area contributed by atoms with E-state index in [-0.39, 0.29) is 0 Å². The Morgan fingerprint density at radius 2 is 1.83 bits per heavy atom. The number of carbonyl (C=O) groups excluding carboxylic acids is 1. The summed E-state index contributed by atoms with van der Waals surface area (Å²) >= 11 is 0. The van der Waals surface area contributed by atoms with E-state index in [1.807, 2.05) is 0 Å². The number of Topliss-reactive ketones (excluding diaryl/α,β-unsaturated/α-hetero) is 1. The van der Waals surface area contributed by atoms with E-state index in [0.717, 1.165) is 0 Å². The van der Waals surface area contributed by atoms with E-state index in [2.05, 4.69) is 4.74 Å². The summed E-state index contributed by atoms with van der Waals surface area (Å²) in [4.78, 5) is 20.2. The molecule has 1 unspecified atom stereocenters. The number of rotatable bonds is 3. The third kappa shape index (κ3) is 2.50. The smallest absolute Gasteiger partial charge is 0.453 e. The molecule has 0 aromatic heterocycles. The molecule has 0 aromatic carbocycles. The number of carbonyl (C=O) groups is 2. The molecule has 1 N–H and O–H groups in total. The zero-order valence-corrected chi connectivity index (χ0v) is 5.88. The fourth-order valence-electron chi connectivity index (χ4n) is 0.469. The summed E-state index contributed by atoms with van der Waals surface area (Å²) in [5.41, 5.74) is 0. The molecule has 0 amide bonds. The summed E-state index contributed by atoms with van der Waals surface area (Å²) in [6.45, 7) is 0. The molecule has 7 heteroatoms. The highest BCUT2D eigenvalue weighted by Crippen LogP contribution is 2.19. The van der Waals surface area contributed by atoms with Crippen molar-refractivity contribution in [3.8, 4) is 0 Å². The van der Waals surface area contributed by atoms with Crippen LogP contribution < -0.4 is 0 Å². The maximum absolute atomic E-state index is 11.6. The maximum Gasteiger partial charge on any atom is 0.453 e. The van der Waals surface area contributed by atoms with Gasteiger partial charge in [0.2, 0.25) is 6.10 Å². The van der Waals surface area contributed by atoms with Crippen molar-refractivity contribution in [1.29, 1.82) is 0 Å². The Morgan fingerprint density at radius 3 is 1.92 bits per heavy atom. The molecule has 0 radical (unpaired) electrons. The van der Waals surface area contributed by atoms with Gasteiger partial charge in [0.25, 0.3) is 5.78 Å². The Bertz CT molecular complexity index is 197. The lowest BCUT2D eigenvalue weighted by atomic mass is 10.2. The first-order chi connectivity index (χ1) is 5.30. The zero-order chi connectivity index (χ0) is 9.94. The average molecular weight is 186 g/mol. The molecule has 0 aliphatic carbocycles. The van der Waals surface area contributed by atoms with Crippen LogP contribution in [0.1, 0.15) is 0 Å². The molecule has 70 valence electrons. The van der Waals surface area contributed by atoms with Crippen LogP contribution in [-0.4, -0.2) is 36.2 Å². The van der Waals surface area contributed by atoms with Crippen molar-refractivity contribution in [2.45, 2.75) is 12.3 Å². The van der Waals surface area contributed by atoms with Gasteiger partial charge in [-0.1, -0.05) is 0 Å². The Balaban J connectivity index is 4.55. The summed E-state index contributed by atoms with van der Waals surface area (Å²) < 4.78 is 38.5. The highest BCUT2D eigenvalue weighted by atomic mass is 19.4. The number of alkyl halides is 3. The highest BCUT2D eigenvalue weighted by Gasteiger charge is 2.46. The second-order valence-electron chi connectivity index (χ2n) is 1.82. The average Bonchev–Trinajstić information content (AvgIpc) is 1.86. The molecule has 0 heterocycles. The molecule has 12 heavy (non-hydrogen) atoms. The first-order valence-electron chi connectivity index (χ1n) is 2.67. The van der Waals surface area contributed by atoms with Crippen molar-refractivity contribution in [2.75, 3.05) is 7.11 Å². The van der Waals surface area contributed by atoms with E-state index in [1.165, 1.54) is 0 Å². The predicted molar refractivity (Wildman–Crippen MR) is 29.5 cm³/mol. The van der Waals surface area contributed by atoms with Crippen LogP contribution in [0.2, 0.25) is 0 Å². The van der Waals surface area contributed by atoms with Crippen molar-refractivity contribution in [3.05, 3.63) is 0 Å². The van der Waals surface area contributed by atoms with Crippen molar-refractivity contribution < 1.29 is 32.6 Å². The first-order valence-corrected chi connectivity index (χ1v) is 2.67. The number of ether oxygens (including phenoxy) is 1. The van der Waals surface area contributed by atoms with Crippen LogP contribution in [0.25, 0.3) is 0 Å². The molecule has 0 bridgehead atoms. The minimum atomic E-state index is -5.18. The highest BCUT2D eigenvalue weighted by molar-refractivity contribution is 6.03. The second-order valence-corrected chi connectivity index (χ2v) is 1.82. The summed E-state index contributed by atoms with van der Waals surface area (Å²) in [6.07, 6.45) is -7.65. The normalized spacial score (nSPS) is 14.0. The Kier molecular flexibility index (Phi) is 3.20. The number of carboxylic acids is 1. The third-order valence-electron chi connectivity index (χ3n) is 0.978. The van der Waals surface area contributed by atoms with E-state index < -0.39 is 24.0 Å². The van der Waals surface area contributed by atoms with Crippen LogP contribution in [0, 0.1) is 0 Å². The Hall–Kier alpha value is -1.11. The lowest BCUT2D eigenvalue weighted by molar-refractivity contribution is -0.186. The SMILES string of the molecule is COC(C(=O)O)C(=O)C(F)(F)F. The topological polar surface area (TPSA) is 63.6 Å². The van der Waals surface area contributed by atoms with Gasteiger partial charge in [-0.3, -0.25) is 4.79 Å². The molecule has 0 saturated carbocycles. The van der Waals surface area contributed by atoms with Gasteiger partial charge >= 0.3 is 12.1 Å². The van der Waals surface area contributed by atoms with Crippen LogP contribution in [0.5, 0.6) is 0 Å². The van der Waals surface area contributed by atoms with Crippen molar-refractivity contribution >= 4 is 11.8 Å². The van der Waals surface area contributed by atoms with E-state index in [1.54, 1.807) is 0 Å². The van der Waals surface area contributed by atoms with Gasteiger partial charge in [-0.15, -0.1) is 0 Å². The van der Waals surface area contributed by atoms with E-state index in [4.69, 9.17) is 5.11 Å². The third-order valence-corrected chi connectivity index (χ3v) is 0.978. The van der Waals surface area contributed by atoms with Gasteiger partial charge in [-0.05, 0) is 0 Å². The molecule has 0 fully saturated rings. The molecule has 0 aliphatic rings. The van der Waals surface area contributed by atoms with Gasteiger partial charge in [0.05, 0.1) is 0 Å². The fourth-order valence-corrected chi connectivity index (χ4v) is 0.469. The Labute approximate surface area is 64.9 Å². The molecular weight excluding hydrogens is 181 g/mol. The maximum atomic E-state index is 11.6. The molecule has 0 spiro atoms. The van der Waals surface area contributed by atoms with Gasteiger partial charge in [0, 0.05) is 7.11 Å². The number of halogens is 3. The van der Waals surface area contributed by atoms with E-state index in [9.17, 15) is 22.8 Å². The van der Waals surface area contributed by atoms with Gasteiger partial charge in [-0.25, -0.2) is 4.79 Å². The summed E-state index contributed by atoms with van der Waals surface area (Å²) in [5.74, 6) is -4.38. The van der Waals surface area contributed by atoms with Gasteiger partial charge in [0.1, 0.15) is 0 Å². The predicted octanol–water partition coefficient (Wildman–Crippen LogP) is 0.217. The van der Waals surface area contributed by atoms with Crippen LogP contribution in [0.3, 0.4) is 0 Å². The Morgan fingerprint density at radius 1 is 1.42 bits per heavy atom. The molecule has 0 aliphatic heterocycles. The first kappa shape index (κ1) is 10.9. The molecule has 0 saturated heterocycles. The van der Waals surface area contributed by atoms with Crippen LogP contribution >= 0.6 is 0 Å². The van der Waals surface area contributed by atoms with Crippen molar-refractivity contribution in [2.24, 2.45) is 0 Å². The number of aliphatic carboxylic acids is 1. The van der Waals surface area contributed by atoms with Gasteiger partial charge in [-0.2, -0.15) is 13.2 Å². The van der Waals surface area contributed by atoms with Crippen LogP contribution in [0.4, 0.5) is 13.2 Å². The van der Waals surface area contributed by atoms with Crippen molar-refractivity contribution in [1.82, 2.24) is 0 Å². The molecule has 0 aromatic rings. The van der Waals surface area contributed by atoms with Crippen LogP contribution in [0.15, 0.2) is 0 Å². The molecule has 1 atom stereocenters. The van der Waals surface area contributed by atoms with Crippen LogP contribution in [-0.2, 0) is 14.3 Å². The largest absolute Gasteiger partial charge is 0.479 e. The molecule has 0 rings (SSSR count). The number of ketones is 1. The number of hydrogen-bond donors (Lipinski definition) is 1. The zero-order valence-electron chi connectivity index (χ0n) is 5.88.